The number of hydrogen-bond acceptors (Lipinski definition) is 4. The van der Waals surface area contributed by atoms with Gasteiger partial charge in [0.05, 0.1) is 16.5 Å². The normalized spacial score (nSPS) is 30.3. The zero-order valence-corrected chi connectivity index (χ0v) is 37.2. The number of aromatic nitrogens is 4. The number of nitrogens with zero attached hydrogens (tertiary/aromatic N) is 4. The van der Waals surface area contributed by atoms with Gasteiger partial charge >= 0.3 is 17.1 Å². The van der Waals surface area contributed by atoms with Gasteiger partial charge in [0.1, 0.15) is 0 Å². The van der Waals surface area contributed by atoms with Crippen molar-refractivity contribution in [3.63, 3.8) is 0 Å². The first kappa shape index (κ1) is 39.8. The molecule has 0 amide bonds. The zero-order chi connectivity index (χ0) is 38.7. The van der Waals surface area contributed by atoms with Crippen LogP contribution in [-0.2, 0) is 28.4 Å². The third-order valence-corrected chi connectivity index (χ3v) is 20.6. The molecule has 4 nitrogen and oxygen atoms in total. The summed E-state index contributed by atoms with van der Waals surface area (Å²) < 4.78 is 0. The van der Waals surface area contributed by atoms with E-state index in [1.54, 1.807) is 18.0 Å². The van der Waals surface area contributed by atoms with Crippen LogP contribution in [0.2, 0.25) is 0 Å². The fourth-order valence-electron chi connectivity index (χ4n) is 14.4. The summed E-state index contributed by atoms with van der Waals surface area (Å²) in [4.78, 5) is 19.5. The Morgan fingerprint density at radius 1 is 0.627 bits per heavy atom. The molecule has 8 fully saturated rings. The van der Waals surface area contributed by atoms with Gasteiger partial charge in [0.2, 0.25) is 0 Å². The van der Waals surface area contributed by atoms with Crippen LogP contribution in [-0.4, -0.2) is 30.2 Å². The van der Waals surface area contributed by atoms with E-state index in [1.165, 1.54) is 111 Å². The summed E-state index contributed by atoms with van der Waals surface area (Å²) in [7, 11) is 2.97. The Hall–Kier alpha value is -3.32. The second-order valence-electron chi connectivity index (χ2n) is 19.4. The molecule has 6 aromatic rings. The van der Waals surface area contributed by atoms with Crippen molar-refractivity contribution in [2.24, 2.45) is 35.5 Å². The Morgan fingerprint density at radius 3 is 1.49 bits per heavy atom. The Labute approximate surface area is 365 Å². The van der Waals surface area contributed by atoms with Crippen molar-refractivity contribution < 1.29 is 17.1 Å². The van der Waals surface area contributed by atoms with Gasteiger partial charge in [0, 0.05) is 37.2 Å². The SMILES string of the molecule is PC(c1cnccn1)(c1cnccn1)c1cc(-c2ccccc2)[c-](-c2ccccc2)c1CP(C12CC3CC(CC(C3)C1)C2)C12CC3CC(CC(C3)C1)C2.[Fe+2].c1cc[cH-]c1. The van der Waals surface area contributed by atoms with Gasteiger partial charge in [-0.25, -0.2) is 12.1 Å². The minimum Gasteiger partial charge on any atom is -0.261 e. The molecule has 2 heterocycles. The first-order chi connectivity index (χ1) is 28.5. The average molecular weight is 855 g/mol. The molecule has 302 valence electrons. The van der Waals surface area contributed by atoms with Gasteiger partial charge in [0.15, 0.2) is 0 Å². The summed E-state index contributed by atoms with van der Waals surface area (Å²) in [6.07, 6.45) is 30.4. The van der Waals surface area contributed by atoms with E-state index in [-0.39, 0.29) is 25.0 Å². The van der Waals surface area contributed by atoms with E-state index in [0.717, 1.165) is 46.9 Å². The summed E-state index contributed by atoms with van der Waals surface area (Å²) in [5.74, 6) is 5.71. The minimum absolute atomic E-state index is 0. The number of benzene rings is 2. The molecule has 0 spiro atoms. The van der Waals surface area contributed by atoms with Crippen molar-refractivity contribution in [3.05, 3.63) is 157 Å². The maximum Gasteiger partial charge on any atom is 2.00 e. The molecule has 4 aromatic carbocycles. The molecule has 2 aromatic heterocycles. The molecule has 59 heavy (non-hydrogen) atoms. The molecule has 8 saturated carbocycles. The van der Waals surface area contributed by atoms with Crippen LogP contribution >= 0.6 is 17.2 Å². The van der Waals surface area contributed by atoms with Crippen molar-refractivity contribution in [1.29, 1.82) is 0 Å². The van der Waals surface area contributed by atoms with Gasteiger partial charge in [0.25, 0.3) is 0 Å². The van der Waals surface area contributed by atoms with Gasteiger partial charge in [-0.1, -0.05) is 84.3 Å². The van der Waals surface area contributed by atoms with Gasteiger partial charge < -0.3 is 0 Å². The summed E-state index contributed by atoms with van der Waals surface area (Å²) in [6.45, 7) is 0. The average Bonchev–Trinajstić information content (AvgIpc) is 3.96. The first-order valence-electron chi connectivity index (χ1n) is 22.2. The van der Waals surface area contributed by atoms with Crippen LogP contribution in [0.1, 0.15) is 99.6 Å². The first-order valence-corrected chi connectivity index (χ1v) is 24.3. The van der Waals surface area contributed by atoms with Crippen molar-refractivity contribution in [2.45, 2.75) is 98.7 Å². The van der Waals surface area contributed by atoms with E-state index in [9.17, 15) is 0 Å². The fourth-order valence-corrected chi connectivity index (χ4v) is 20.2. The van der Waals surface area contributed by atoms with Crippen LogP contribution < -0.4 is 0 Å². The van der Waals surface area contributed by atoms with E-state index < -0.39 is 5.16 Å². The molecule has 0 radical (unpaired) electrons. The fraction of sp³-hybridized carbons (Fsp3) is 0.423. The Kier molecular flexibility index (Phi) is 10.9. The predicted molar refractivity (Wildman–Crippen MR) is 241 cm³/mol. The molecular formula is C52H56FeN4P2. The van der Waals surface area contributed by atoms with Crippen molar-refractivity contribution in [3.8, 4) is 22.3 Å². The van der Waals surface area contributed by atoms with Gasteiger partial charge in [-0.05, 0) is 129 Å². The van der Waals surface area contributed by atoms with Gasteiger partial charge in [-0.2, -0.15) is 18.2 Å². The largest absolute Gasteiger partial charge is 2.00 e. The molecule has 1 unspecified atom stereocenters. The van der Waals surface area contributed by atoms with Crippen molar-refractivity contribution >= 4 is 17.2 Å². The molecule has 0 aliphatic heterocycles. The van der Waals surface area contributed by atoms with E-state index in [1.807, 2.05) is 55.1 Å². The molecule has 8 bridgehead atoms. The Balaban J connectivity index is 0.000000655. The summed E-state index contributed by atoms with van der Waals surface area (Å²) >= 11 is 0. The van der Waals surface area contributed by atoms with E-state index in [0.29, 0.717) is 10.3 Å². The van der Waals surface area contributed by atoms with E-state index in [4.69, 9.17) is 9.97 Å². The molecule has 1 atom stereocenters. The van der Waals surface area contributed by atoms with E-state index in [2.05, 4.69) is 85.9 Å². The summed E-state index contributed by atoms with van der Waals surface area (Å²) in [5, 5.41) is 0.306. The third kappa shape index (κ3) is 7.15. The maximum atomic E-state index is 5.07. The molecule has 8 aliphatic rings. The monoisotopic (exact) mass is 854 g/mol. The smallest absolute Gasteiger partial charge is 0.261 e. The predicted octanol–water partition coefficient (Wildman–Crippen LogP) is 12.8. The second-order valence-corrected chi connectivity index (χ2v) is 23.3. The van der Waals surface area contributed by atoms with Crippen LogP contribution in [0.25, 0.3) is 22.3 Å². The van der Waals surface area contributed by atoms with Gasteiger partial charge in [-0.15, -0.1) is 33.0 Å². The van der Waals surface area contributed by atoms with Crippen LogP contribution in [0.3, 0.4) is 0 Å². The number of hydrogen-bond donors (Lipinski definition) is 0. The summed E-state index contributed by atoms with van der Waals surface area (Å²) in [6, 6.07) is 35.1. The summed E-state index contributed by atoms with van der Waals surface area (Å²) in [5.41, 5.74) is 10.0. The number of rotatable bonds is 9. The Bertz CT molecular complexity index is 2140. The molecule has 0 saturated heterocycles. The standard InChI is InChI=1S/C47H51N4P2.C5H5.Fe/c52-47(42-28-48-11-13-50-42,43-29-49-12-14-51-43)41-21-39(37-7-3-1-4-8-37)44(38-9-5-2-6-10-38)40(41)30-53(45-22-31-15-32(23-45)17-33(16-31)24-45)46-25-34-18-35(26-46)20-36(19-34)27-46;1-2-4-5-3-1;/h1-14,21,28-29,31-36H,15-20,22-27,30,52H2;1-5H;/q2*-1;+2. The van der Waals surface area contributed by atoms with Crippen molar-refractivity contribution in [1.82, 2.24) is 19.9 Å². The zero-order valence-electron chi connectivity index (χ0n) is 34.0. The topological polar surface area (TPSA) is 51.6 Å². The van der Waals surface area contributed by atoms with E-state index >= 15 is 0 Å². The van der Waals surface area contributed by atoms with Crippen LogP contribution in [0.15, 0.2) is 134 Å². The molecule has 7 heteroatoms. The molecular weight excluding hydrogens is 798 g/mol. The quantitative estimate of drug-likeness (QED) is 0.0826. The van der Waals surface area contributed by atoms with Gasteiger partial charge in [-0.3, -0.25) is 19.9 Å². The Morgan fingerprint density at radius 2 is 1.08 bits per heavy atom. The maximum absolute atomic E-state index is 5.07. The van der Waals surface area contributed by atoms with Crippen molar-refractivity contribution in [2.75, 3.05) is 0 Å². The second kappa shape index (κ2) is 16.2. The molecule has 14 rings (SSSR count). The minimum atomic E-state index is -0.710. The van der Waals surface area contributed by atoms with Crippen LogP contribution in [0.5, 0.6) is 0 Å². The molecule has 0 N–H and O–H groups in total. The molecule has 8 aliphatic carbocycles. The van der Waals surface area contributed by atoms with Crippen LogP contribution in [0.4, 0.5) is 0 Å². The third-order valence-electron chi connectivity index (χ3n) is 15.7. The van der Waals surface area contributed by atoms with Crippen LogP contribution in [0, 0.1) is 35.5 Å².